The number of amides is 2. The van der Waals surface area contributed by atoms with E-state index in [4.69, 9.17) is 0 Å². The van der Waals surface area contributed by atoms with Gasteiger partial charge in [-0.3, -0.25) is 0 Å². The van der Waals surface area contributed by atoms with Gasteiger partial charge in [0.25, 0.3) is 0 Å². The Kier molecular flexibility index (Phi) is 5.14. The molecule has 3 aromatic rings. The van der Waals surface area contributed by atoms with Crippen molar-refractivity contribution in [3.05, 3.63) is 48.6 Å². The maximum atomic E-state index is 13.6. The van der Waals surface area contributed by atoms with Gasteiger partial charge in [-0.2, -0.15) is 18.3 Å². The summed E-state index contributed by atoms with van der Waals surface area (Å²) in [6.07, 6.45) is 1.02. The lowest BCUT2D eigenvalue weighted by molar-refractivity contribution is -0.136. The minimum atomic E-state index is -4.65. The molecule has 1 aliphatic rings. The Labute approximate surface area is 169 Å². The van der Waals surface area contributed by atoms with Crippen LogP contribution < -0.4 is 5.32 Å². The Morgan fingerprint density at radius 3 is 2.77 bits per heavy atom. The molecule has 1 unspecified atom stereocenters. The fraction of sp³-hybridized carbons (Fsp3) is 0.389. The number of aromatic nitrogens is 6. The number of hydrogen-bond donors (Lipinski definition) is 1. The summed E-state index contributed by atoms with van der Waals surface area (Å²) < 4.78 is 43.9. The van der Waals surface area contributed by atoms with E-state index in [1.165, 1.54) is 34.4 Å². The Hall–Kier alpha value is -3.44. The molecule has 4 rings (SSSR count). The van der Waals surface area contributed by atoms with Crippen molar-refractivity contribution >= 4 is 11.7 Å². The molecule has 0 saturated carbocycles. The maximum absolute atomic E-state index is 13.6. The number of benzene rings is 1. The Bertz CT molecular complexity index is 1030. The van der Waals surface area contributed by atoms with E-state index in [9.17, 15) is 18.0 Å². The van der Waals surface area contributed by atoms with Crippen molar-refractivity contribution in [1.82, 2.24) is 34.4 Å². The summed E-state index contributed by atoms with van der Waals surface area (Å²) in [6, 6.07) is 3.02. The van der Waals surface area contributed by atoms with E-state index >= 15 is 0 Å². The van der Waals surface area contributed by atoms with Crippen molar-refractivity contribution in [3.63, 3.8) is 0 Å². The van der Waals surface area contributed by atoms with Gasteiger partial charge in [0.15, 0.2) is 0 Å². The first-order valence-electron chi connectivity index (χ1n) is 9.29. The Morgan fingerprint density at radius 2 is 2.10 bits per heavy atom. The molecular weight excluding hydrogens is 401 g/mol. The van der Waals surface area contributed by atoms with E-state index in [-0.39, 0.29) is 17.3 Å². The molecule has 1 aromatic carbocycles. The van der Waals surface area contributed by atoms with Crippen LogP contribution in [0.5, 0.6) is 0 Å². The zero-order valence-electron chi connectivity index (χ0n) is 16.0. The SMILES string of the molecule is Cn1cnnc1C1CCCN(C(=O)Nc2ccc(-n3cncn3)cc2C(F)(F)F)C1. The number of nitrogens with one attached hydrogen (secondary N) is 1. The van der Waals surface area contributed by atoms with E-state index in [1.807, 2.05) is 7.05 Å². The highest BCUT2D eigenvalue weighted by Gasteiger charge is 2.35. The van der Waals surface area contributed by atoms with E-state index in [0.717, 1.165) is 24.7 Å². The van der Waals surface area contributed by atoms with Crippen molar-refractivity contribution in [2.75, 3.05) is 18.4 Å². The second-order valence-corrected chi connectivity index (χ2v) is 7.08. The van der Waals surface area contributed by atoms with E-state index in [0.29, 0.717) is 13.1 Å². The van der Waals surface area contributed by atoms with Gasteiger partial charge in [0, 0.05) is 26.1 Å². The number of rotatable bonds is 3. The molecule has 0 spiro atoms. The number of alkyl halides is 3. The van der Waals surface area contributed by atoms with Crippen LogP contribution in [0.1, 0.15) is 30.1 Å². The van der Waals surface area contributed by atoms with Crippen LogP contribution >= 0.6 is 0 Å². The summed E-state index contributed by atoms with van der Waals surface area (Å²) >= 11 is 0. The molecule has 0 bridgehead atoms. The second-order valence-electron chi connectivity index (χ2n) is 7.08. The van der Waals surface area contributed by atoms with Crippen LogP contribution in [0.25, 0.3) is 5.69 Å². The van der Waals surface area contributed by atoms with Gasteiger partial charge < -0.3 is 14.8 Å². The molecule has 12 heteroatoms. The topological polar surface area (TPSA) is 93.8 Å². The molecule has 9 nitrogen and oxygen atoms in total. The molecule has 3 heterocycles. The zero-order valence-corrected chi connectivity index (χ0v) is 16.0. The fourth-order valence-electron chi connectivity index (χ4n) is 3.59. The third kappa shape index (κ3) is 3.98. The number of hydrogen-bond acceptors (Lipinski definition) is 5. The van der Waals surface area contributed by atoms with Crippen LogP contribution in [0, 0.1) is 0 Å². The van der Waals surface area contributed by atoms with Crippen molar-refractivity contribution in [2.45, 2.75) is 24.9 Å². The summed E-state index contributed by atoms with van der Waals surface area (Å²) in [7, 11) is 1.82. The van der Waals surface area contributed by atoms with Gasteiger partial charge in [0.1, 0.15) is 24.8 Å². The maximum Gasteiger partial charge on any atom is 0.418 e. The van der Waals surface area contributed by atoms with Crippen molar-refractivity contribution < 1.29 is 18.0 Å². The summed E-state index contributed by atoms with van der Waals surface area (Å²) in [5.74, 6) is 0.731. The molecular formula is C18H19F3N8O. The van der Waals surface area contributed by atoms with E-state index in [1.54, 1.807) is 10.9 Å². The van der Waals surface area contributed by atoms with Gasteiger partial charge >= 0.3 is 12.2 Å². The average molecular weight is 420 g/mol. The minimum Gasteiger partial charge on any atom is -0.324 e. The van der Waals surface area contributed by atoms with Gasteiger partial charge in [0.2, 0.25) is 0 Å². The average Bonchev–Trinajstić information content (AvgIpc) is 3.39. The number of nitrogens with zero attached hydrogens (tertiary/aromatic N) is 7. The minimum absolute atomic E-state index is 0.0197. The van der Waals surface area contributed by atoms with E-state index in [2.05, 4.69) is 25.6 Å². The summed E-state index contributed by atoms with van der Waals surface area (Å²) in [4.78, 5) is 18.0. The quantitative estimate of drug-likeness (QED) is 0.703. The highest BCUT2D eigenvalue weighted by atomic mass is 19.4. The van der Waals surface area contributed by atoms with E-state index < -0.39 is 17.8 Å². The number of aryl methyl sites for hydroxylation is 1. The molecule has 1 fully saturated rings. The number of halogens is 3. The van der Waals surface area contributed by atoms with Crippen LogP contribution in [0.15, 0.2) is 37.2 Å². The molecule has 0 aliphatic carbocycles. The van der Waals surface area contributed by atoms with Crippen molar-refractivity contribution in [3.8, 4) is 5.69 Å². The number of carbonyl (C=O) groups is 1. The molecule has 1 aliphatic heterocycles. The Morgan fingerprint density at radius 1 is 1.27 bits per heavy atom. The predicted molar refractivity (Wildman–Crippen MR) is 99.9 cm³/mol. The van der Waals surface area contributed by atoms with Gasteiger partial charge in [-0.05, 0) is 31.0 Å². The third-order valence-corrected chi connectivity index (χ3v) is 5.05. The second kappa shape index (κ2) is 7.76. The van der Waals surface area contributed by atoms with Gasteiger partial charge in [-0.15, -0.1) is 10.2 Å². The van der Waals surface area contributed by atoms with Crippen LogP contribution in [0.3, 0.4) is 0 Å². The number of carbonyl (C=O) groups excluding carboxylic acids is 1. The molecule has 0 radical (unpaired) electrons. The Balaban J connectivity index is 1.54. The number of piperidine rings is 1. The normalized spacial score (nSPS) is 17.2. The summed E-state index contributed by atoms with van der Waals surface area (Å²) in [5.41, 5.74) is -1.07. The van der Waals surface area contributed by atoms with Crippen molar-refractivity contribution in [2.24, 2.45) is 7.05 Å². The lowest BCUT2D eigenvalue weighted by atomic mass is 9.97. The van der Waals surface area contributed by atoms with Gasteiger partial charge in [0.05, 0.1) is 16.9 Å². The number of anilines is 1. The number of likely N-dealkylation sites (tertiary alicyclic amines) is 1. The summed E-state index contributed by atoms with van der Waals surface area (Å²) in [5, 5.41) is 14.2. The molecule has 1 N–H and O–H groups in total. The van der Waals surface area contributed by atoms with Crippen LogP contribution in [-0.2, 0) is 13.2 Å². The molecule has 2 amide bonds. The first-order chi connectivity index (χ1) is 14.3. The van der Waals surface area contributed by atoms with Crippen LogP contribution in [0.2, 0.25) is 0 Å². The lowest BCUT2D eigenvalue weighted by Crippen LogP contribution is -2.42. The molecule has 2 aromatic heterocycles. The van der Waals surface area contributed by atoms with Gasteiger partial charge in [-0.1, -0.05) is 0 Å². The predicted octanol–water partition coefficient (Wildman–Crippen LogP) is 2.83. The molecule has 158 valence electrons. The first kappa shape index (κ1) is 19.9. The molecule has 1 saturated heterocycles. The van der Waals surface area contributed by atoms with Crippen LogP contribution in [0.4, 0.5) is 23.7 Å². The lowest BCUT2D eigenvalue weighted by Gasteiger charge is -2.32. The standard InChI is InChI=1S/C18H19F3N8O/c1-27-11-23-26-16(27)12-3-2-6-28(8-12)17(30)25-15-5-4-13(29-10-22-9-24-29)7-14(15)18(19,20)21/h4-5,7,9-12H,2-3,6,8H2,1H3,(H,25,30). The van der Waals surface area contributed by atoms with Gasteiger partial charge in [-0.25, -0.2) is 14.5 Å². The highest BCUT2D eigenvalue weighted by molar-refractivity contribution is 5.90. The number of urea groups is 1. The largest absolute Gasteiger partial charge is 0.418 e. The molecule has 1 atom stereocenters. The fourth-order valence-corrected chi connectivity index (χ4v) is 3.59. The van der Waals surface area contributed by atoms with Crippen LogP contribution in [-0.4, -0.2) is 53.5 Å². The zero-order chi connectivity index (χ0) is 21.3. The highest BCUT2D eigenvalue weighted by Crippen LogP contribution is 2.36. The monoisotopic (exact) mass is 420 g/mol. The third-order valence-electron chi connectivity index (χ3n) is 5.05. The smallest absolute Gasteiger partial charge is 0.324 e. The van der Waals surface area contributed by atoms with Crippen molar-refractivity contribution in [1.29, 1.82) is 0 Å². The summed E-state index contributed by atoms with van der Waals surface area (Å²) in [6.45, 7) is 0.815. The molecule has 30 heavy (non-hydrogen) atoms. The first-order valence-corrected chi connectivity index (χ1v) is 9.29.